The van der Waals surface area contributed by atoms with E-state index in [0.29, 0.717) is 24.7 Å². The Bertz CT molecular complexity index is 594. The molecule has 12 nitrogen and oxygen atoms in total. The molecule has 0 radical (unpaired) electrons. The molecule has 132 valence electrons. The third-order valence-electron chi connectivity index (χ3n) is 3.97. The second-order valence-corrected chi connectivity index (χ2v) is 5.91. The molecule has 24 heavy (non-hydrogen) atoms. The highest BCUT2D eigenvalue weighted by Crippen LogP contribution is 2.13. The van der Waals surface area contributed by atoms with E-state index in [1.165, 1.54) is 9.59 Å². The van der Waals surface area contributed by atoms with Crippen molar-refractivity contribution in [2.75, 3.05) is 39.3 Å². The van der Waals surface area contributed by atoms with E-state index in [4.69, 9.17) is 0 Å². The fourth-order valence-corrected chi connectivity index (χ4v) is 2.67. The maximum absolute atomic E-state index is 10.1. The Morgan fingerprint density at radius 3 is 1.46 bits per heavy atom. The normalized spacial score (nSPS) is 19.5. The van der Waals surface area contributed by atoms with Crippen molar-refractivity contribution in [2.24, 2.45) is 14.1 Å². The van der Waals surface area contributed by atoms with E-state index in [1.807, 2.05) is 0 Å². The number of β-amino-alcohol motifs (C(OH)–C–C–N with tert-alkyl or cyclic N) is 2. The zero-order valence-corrected chi connectivity index (χ0v) is 13.8. The van der Waals surface area contributed by atoms with Crippen molar-refractivity contribution in [1.29, 1.82) is 0 Å². The topological polar surface area (TPSA) is 134 Å². The van der Waals surface area contributed by atoms with Crippen LogP contribution in [0, 0.1) is 0 Å². The number of nitrogens with zero attached hydrogens (tertiary/aromatic N) is 10. The lowest BCUT2D eigenvalue weighted by Gasteiger charge is -2.35. The molecule has 1 aliphatic rings. The van der Waals surface area contributed by atoms with Crippen LogP contribution in [0.25, 0.3) is 0 Å². The van der Waals surface area contributed by atoms with Gasteiger partial charge in [0.05, 0.1) is 14.1 Å². The number of aryl methyl sites for hydroxylation is 2. The molecule has 3 heterocycles. The molecular formula is C12H22N10O2. The van der Waals surface area contributed by atoms with Gasteiger partial charge in [0.2, 0.25) is 11.6 Å². The zero-order valence-electron chi connectivity index (χ0n) is 13.8. The van der Waals surface area contributed by atoms with Crippen LogP contribution in [0.3, 0.4) is 0 Å². The van der Waals surface area contributed by atoms with Gasteiger partial charge in [0.15, 0.2) is 0 Å². The largest absolute Gasteiger partial charge is 0.384 e. The Kier molecular flexibility index (Phi) is 5.08. The highest BCUT2D eigenvalue weighted by Gasteiger charge is 2.24. The van der Waals surface area contributed by atoms with Gasteiger partial charge in [-0.3, -0.25) is 9.80 Å². The molecule has 2 aromatic heterocycles. The summed E-state index contributed by atoms with van der Waals surface area (Å²) in [5.74, 6) is 0.674. The number of hydrogen-bond acceptors (Lipinski definition) is 10. The van der Waals surface area contributed by atoms with Crippen molar-refractivity contribution >= 4 is 0 Å². The number of aliphatic hydroxyl groups excluding tert-OH is 2. The minimum Gasteiger partial charge on any atom is -0.384 e. The summed E-state index contributed by atoms with van der Waals surface area (Å²) in [6, 6.07) is 0. The number of tetrazole rings is 2. The predicted octanol–water partition coefficient (Wildman–Crippen LogP) is -2.88. The van der Waals surface area contributed by atoms with Gasteiger partial charge in [-0.15, -0.1) is 20.4 Å². The maximum atomic E-state index is 10.1. The minimum absolute atomic E-state index is 0.337. The highest BCUT2D eigenvalue weighted by molar-refractivity contribution is 4.89. The summed E-state index contributed by atoms with van der Waals surface area (Å²) in [6.07, 6.45) is -1.50. The molecule has 12 heteroatoms. The van der Waals surface area contributed by atoms with Crippen molar-refractivity contribution in [1.82, 2.24) is 50.2 Å². The molecule has 3 rings (SSSR count). The summed E-state index contributed by atoms with van der Waals surface area (Å²) in [5, 5.41) is 43.5. The van der Waals surface area contributed by atoms with Crippen LogP contribution in [-0.2, 0) is 14.1 Å². The summed E-state index contributed by atoms with van der Waals surface area (Å²) in [5.41, 5.74) is 0. The van der Waals surface area contributed by atoms with Gasteiger partial charge in [-0.1, -0.05) is 0 Å². The van der Waals surface area contributed by atoms with Crippen LogP contribution >= 0.6 is 0 Å². The van der Waals surface area contributed by atoms with E-state index < -0.39 is 12.2 Å². The van der Waals surface area contributed by atoms with E-state index >= 15 is 0 Å². The van der Waals surface area contributed by atoms with Crippen LogP contribution in [0.2, 0.25) is 0 Å². The van der Waals surface area contributed by atoms with Gasteiger partial charge in [0.25, 0.3) is 0 Å². The average molecular weight is 338 g/mol. The second-order valence-electron chi connectivity index (χ2n) is 5.91. The molecule has 0 aromatic carbocycles. The fraction of sp³-hybridized carbons (Fsp3) is 0.833. The lowest BCUT2D eigenvalue weighted by atomic mass is 10.2. The molecule has 0 amide bonds. The average Bonchev–Trinajstić information content (AvgIpc) is 3.18. The Hall–Kier alpha value is -2.02. The minimum atomic E-state index is -0.750. The van der Waals surface area contributed by atoms with Crippen molar-refractivity contribution in [3.63, 3.8) is 0 Å². The van der Waals surface area contributed by atoms with Crippen LogP contribution in [0.15, 0.2) is 0 Å². The second kappa shape index (κ2) is 7.25. The standard InChI is InChI=1S/C12H22N10O2/c1-19-15-11(13-17-19)9(23)7-21-3-5-22(6-4-21)8-10(24)12-14-18-20(2)16-12/h9-10,23-24H,3-8H2,1-2H3/t9-,10-/m0/s1. The number of hydrogen-bond donors (Lipinski definition) is 2. The van der Waals surface area contributed by atoms with Gasteiger partial charge in [-0.05, 0) is 10.4 Å². The first-order valence-corrected chi connectivity index (χ1v) is 7.80. The monoisotopic (exact) mass is 338 g/mol. The molecule has 1 aliphatic heterocycles. The Morgan fingerprint density at radius 2 is 1.17 bits per heavy atom. The Balaban J connectivity index is 1.44. The van der Waals surface area contributed by atoms with Gasteiger partial charge in [-0.2, -0.15) is 9.59 Å². The third-order valence-corrected chi connectivity index (χ3v) is 3.97. The first-order valence-electron chi connectivity index (χ1n) is 7.80. The molecular weight excluding hydrogens is 316 g/mol. The van der Waals surface area contributed by atoms with Crippen molar-refractivity contribution in [2.45, 2.75) is 12.2 Å². The molecule has 0 unspecified atom stereocenters. The molecule has 0 aliphatic carbocycles. The van der Waals surface area contributed by atoms with Crippen LogP contribution < -0.4 is 0 Å². The van der Waals surface area contributed by atoms with Gasteiger partial charge in [-0.25, -0.2) is 0 Å². The van der Waals surface area contributed by atoms with E-state index in [2.05, 4.69) is 40.6 Å². The summed E-state index contributed by atoms with van der Waals surface area (Å²) < 4.78 is 0. The molecule has 2 N–H and O–H groups in total. The predicted molar refractivity (Wildman–Crippen MR) is 80.4 cm³/mol. The number of piperazine rings is 1. The molecule has 0 saturated carbocycles. The molecule has 0 bridgehead atoms. The summed E-state index contributed by atoms with van der Waals surface area (Å²) in [6.45, 7) is 4.09. The van der Waals surface area contributed by atoms with Gasteiger partial charge in [0.1, 0.15) is 12.2 Å². The van der Waals surface area contributed by atoms with Gasteiger partial charge < -0.3 is 10.2 Å². The summed E-state index contributed by atoms with van der Waals surface area (Å²) >= 11 is 0. The van der Waals surface area contributed by atoms with Crippen molar-refractivity contribution in [3.05, 3.63) is 11.6 Å². The summed E-state index contributed by atoms with van der Waals surface area (Å²) in [7, 11) is 3.33. The molecule has 2 atom stereocenters. The Morgan fingerprint density at radius 1 is 0.792 bits per heavy atom. The molecule has 0 spiro atoms. The number of rotatable bonds is 6. The van der Waals surface area contributed by atoms with Crippen molar-refractivity contribution < 1.29 is 10.2 Å². The smallest absolute Gasteiger partial charge is 0.204 e. The Labute approximate surface area is 138 Å². The number of aromatic nitrogens is 8. The van der Waals surface area contributed by atoms with E-state index in [0.717, 1.165) is 26.2 Å². The first-order chi connectivity index (χ1) is 11.5. The lowest BCUT2D eigenvalue weighted by Crippen LogP contribution is -2.48. The number of aliphatic hydroxyl groups is 2. The highest BCUT2D eigenvalue weighted by atomic mass is 16.3. The quantitative estimate of drug-likeness (QED) is 0.565. The van der Waals surface area contributed by atoms with Gasteiger partial charge in [0, 0.05) is 39.3 Å². The van der Waals surface area contributed by atoms with E-state index in [1.54, 1.807) is 14.1 Å². The van der Waals surface area contributed by atoms with Crippen LogP contribution in [-0.4, -0.2) is 99.7 Å². The SMILES string of the molecule is Cn1nnc([C@@H](O)CN2CCN(C[C@H](O)c3nnn(C)n3)CC2)n1. The van der Waals surface area contributed by atoms with Crippen LogP contribution in [0.4, 0.5) is 0 Å². The van der Waals surface area contributed by atoms with Gasteiger partial charge >= 0.3 is 0 Å². The summed E-state index contributed by atoms with van der Waals surface area (Å²) in [4.78, 5) is 6.95. The molecule has 1 saturated heterocycles. The molecule has 1 fully saturated rings. The fourth-order valence-electron chi connectivity index (χ4n) is 2.67. The lowest BCUT2D eigenvalue weighted by molar-refractivity contribution is 0.0439. The van der Waals surface area contributed by atoms with Crippen molar-refractivity contribution in [3.8, 4) is 0 Å². The van der Waals surface area contributed by atoms with Crippen LogP contribution in [0.5, 0.6) is 0 Å². The van der Waals surface area contributed by atoms with E-state index in [9.17, 15) is 10.2 Å². The zero-order chi connectivity index (χ0) is 17.1. The third kappa shape index (κ3) is 4.08. The van der Waals surface area contributed by atoms with E-state index in [-0.39, 0.29) is 0 Å². The first kappa shape index (κ1) is 16.8. The molecule has 2 aromatic rings. The van der Waals surface area contributed by atoms with Crippen LogP contribution in [0.1, 0.15) is 23.9 Å². The maximum Gasteiger partial charge on any atom is 0.204 e.